The third-order valence-electron chi connectivity index (χ3n) is 3.19. The maximum Gasteiger partial charge on any atom is 0.304 e. The molecule has 0 spiro atoms. The van der Waals surface area contributed by atoms with E-state index in [1.807, 2.05) is 0 Å². The molecule has 118 valence electrons. The maximum atomic E-state index is 13.9. The molecule has 22 heavy (non-hydrogen) atoms. The molecule has 0 radical (unpaired) electrons. The Hall–Kier alpha value is -2.05. The van der Waals surface area contributed by atoms with E-state index in [2.05, 4.69) is 0 Å². The van der Waals surface area contributed by atoms with Crippen LogP contribution in [-0.2, 0) is 14.8 Å². The van der Waals surface area contributed by atoms with Crippen LogP contribution in [0.1, 0.15) is 24.8 Å². The average Bonchev–Trinajstić information content (AvgIpc) is 3.21. The smallest absolute Gasteiger partial charge is 0.304 e. The summed E-state index contributed by atoms with van der Waals surface area (Å²) in [6.07, 6.45) is 0.561. The molecular formula is C13H12F2N2O4S. The normalized spacial score (nSPS) is 14.8. The second-order valence-corrected chi connectivity index (χ2v) is 6.70. The summed E-state index contributed by atoms with van der Waals surface area (Å²) in [5.41, 5.74) is -0.336. The Morgan fingerprint density at radius 1 is 1.36 bits per heavy atom. The number of nitriles is 1. The number of nitrogens with zero attached hydrogens (tertiary/aromatic N) is 2. The minimum absolute atomic E-state index is 0.336. The fourth-order valence-corrected chi connectivity index (χ4v) is 3.84. The summed E-state index contributed by atoms with van der Waals surface area (Å²) in [7, 11) is -4.51. The summed E-state index contributed by atoms with van der Waals surface area (Å²) < 4.78 is 53.5. The zero-order chi connectivity index (χ0) is 16.5. The number of benzene rings is 1. The van der Waals surface area contributed by atoms with Crippen LogP contribution in [0.3, 0.4) is 0 Å². The van der Waals surface area contributed by atoms with Crippen LogP contribution in [-0.4, -0.2) is 36.4 Å². The van der Waals surface area contributed by atoms with Crippen LogP contribution in [0.25, 0.3) is 0 Å². The molecule has 0 atom stereocenters. The van der Waals surface area contributed by atoms with Crippen LogP contribution in [0.4, 0.5) is 8.78 Å². The van der Waals surface area contributed by atoms with Crippen LogP contribution in [0.5, 0.6) is 0 Å². The van der Waals surface area contributed by atoms with Crippen molar-refractivity contribution in [3.05, 3.63) is 29.3 Å². The van der Waals surface area contributed by atoms with Gasteiger partial charge in [-0.1, -0.05) is 0 Å². The van der Waals surface area contributed by atoms with Crippen molar-refractivity contribution in [3.8, 4) is 6.07 Å². The van der Waals surface area contributed by atoms with Gasteiger partial charge in [-0.15, -0.1) is 0 Å². The Bertz CT molecular complexity index is 731. The number of aliphatic carboxylic acids is 1. The first kappa shape index (κ1) is 16.3. The first-order chi connectivity index (χ1) is 10.3. The van der Waals surface area contributed by atoms with Crippen molar-refractivity contribution in [1.82, 2.24) is 4.31 Å². The van der Waals surface area contributed by atoms with E-state index >= 15 is 0 Å². The number of rotatable bonds is 6. The van der Waals surface area contributed by atoms with Crippen molar-refractivity contribution in [1.29, 1.82) is 5.26 Å². The highest BCUT2D eigenvalue weighted by Crippen LogP contribution is 2.34. The summed E-state index contributed by atoms with van der Waals surface area (Å²) in [5.74, 6) is -3.93. The molecule has 1 fully saturated rings. The molecular weight excluding hydrogens is 318 g/mol. The third-order valence-corrected chi connectivity index (χ3v) is 5.20. The molecule has 1 aromatic rings. The maximum absolute atomic E-state index is 13.9. The van der Waals surface area contributed by atoms with Gasteiger partial charge in [0.15, 0.2) is 4.90 Å². The number of hydrogen-bond acceptors (Lipinski definition) is 4. The van der Waals surface area contributed by atoms with Gasteiger partial charge in [-0.2, -0.15) is 9.57 Å². The molecule has 6 nitrogen and oxygen atoms in total. The number of carboxylic acid groups (broad SMARTS) is 1. The van der Waals surface area contributed by atoms with Gasteiger partial charge in [0.25, 0.3) is 0 Å². The van der Waals surface area contributed by atoms with Crippen LogP contribution < -0.4 is 0 Å². The lowest BCUT2D eigenvalue weighted by Gasteiger charge is -2.21. The number of sulfonamides is 1. The lowest BCUT2D eigenvalue weighted by molar-refractivity contribution is -0.137. The molecule has 0 unspecified atom stereocenters. The van der Waals surface area contributed by atoms with Crippen molar-refractivity contribution in [3.63, 3.8) is 0 Å². The van der Waals surface area contributed by atoms with Crippen LogP contribution >= 0.6 is 0 Å². The lowest BCUT2D eigenvalue weighted by Crippen LogP contribution is -2.36. The van der Waals surface area contributed by atoms with Crippen molar-refractivity contribution in [2.45, 2.75) is 30.2 Å². The Labute approximate surface area is 125 Å². The molecule has 1 N–H and O–H groups in total. The van der Waals surface area contributed by atoms with Crippen LogP contribution in [0.2, 0.25) is 0 Å². The molecule has 1 aliphatic carbocycles. The summed E-state index contributed by atoms with van der Waals surface area (Å²) in [4.78, 5) is 9.47. The fourth-order valence-electron chi connectivity index (χ4n) is 2.06. The number of halogens is 2. The molecule has 1 aliphatic rings. The van der Waals surface area contributed by atoms with E-state index in [9.17, 15) is 22.0 Å². The molecule has 0 amide bonds. The zero-order valence-corrected chi connectivity index (χ0v) is 12.1. The predicted octanol–water partition coefficient (Wildman–Crippen LogP) is 1.46. The number of carbonyl (C=O) groups is 1. The van der Waals surface area contributed by atoms with Gasteiger partial charge in [-0.25, -0.2) is 17.2 Å². The van der Waals surface area contributed by atoms with Gasteiger partial charge in [-0.3, -0.25) is 4.79 Å². The van der Waals surface area contributed by atoms with Gasteiger partial charge >= 0.3 is 5.97 Å². The second-order valence-electron chi connectivity index (χ2n) is 4.87. The molecule has 1 saturated carbocycles. The molecule has 0 saturated heterocycles. The summed E-state index contributed by atoms with van der Waals surface area (Å²) in [6.45, 7) is -0.360. The van der Waals surface area contributed by atoms with Crippen LogP contribution in [0, 0.1) is 23.0 Å². The van der Waals surface area contributed by atoms with Gasteiger partial charge in [0.05, 0.1) is 18.1 Å². The molecule has 2 rings (SSSR count). The summed E-state index contributed by atoms with van der Waals surface area (Å²) >= 11 is 0. The largest absolute Gasteiger partial charge is 0.481 e. The van der Waals surface area contributed by atoms with Gasteiger partial charge in [0, 0.05) is 12.6 Å². The molecule has 0 aromatic heterocycles. The van der Waals surface area contributed by atoms with Gasteiger partial charge in [-0.05, 0) is 25.0 Å². The van der Waals surface area contributed by atoms with Crippen LogP contribution in [0.15, 0.2) is 17.0 Å². The highest BCUT2D eigenvalue weighted by molar-refractivity contribution is 7.89. The third kappa shape index (κ3) is 3.23. The van der Waals surface area contributed by atoms with E-state index in [0.717, 1.165) is 4.31 Å². The van der Waals surface area contributed by atoms with E-state index in [1.165, 1.54) is 6.07 Å². The topological polar surface area (TPSA) is 98.5 Å². The fraction of sp³-hybridized carbons (Fsp3) is 0.385. The highest BCUT2D eigenvalue weighted by Gasteiger charge is 2.40. The van der Waals surface area contributed by atoms with Gasteiger partial charge in [0.2, 0.25) is 10.0 Å². The minimum Gasteiger partial charge on any atom is -0.481 e. The molecule has 0 bridgehead atoms. The predicted molar refractivity (Wildman–Crippen MR) is 70.2 cm³/mol. The van der Waals surface area contributed by atoms with E-state index in [-0.39, 0.29) is 12.1 Å². The Kier molecular flexibility index (Phi) is 4.44. The summed E-state index contributed by atoms with van der Waals surface area (Å²) in [5, 5.41) is 17.3. The van der Waals surface area contributed by atoms with Crippen molar-refractivity contribution < 1.29 is 27.1 Å². The van der Waals surface area contributed by atoms with E-state index in [1.54, 1.807) is 0 Å². The van der Waals surface area contributed by atoms with Gasteiger partial charge < -0.3 is 5.11 Å². The standard InChI is InChI=1S/C13H12F2N2O4S/c14-10-5-8(7-16)6-11(15)13(10)22(20,21)17(9-1-2-9)4-3-12(18)19/h5-6,9H,1-4H2,(H,18,19). The first-order valence-corrected chi connectivity index (χ1v) is 7.84. The monoisotopic (exact) mass is 330 g/mol. The van der Waals surface area contributed by atoms with E-state index in [0.29, 0.717) is 25.0 Å². The first-order valence-electron chi connectivity index (χ1n) is 6.40. The highest BCUT2D eigenvalue weighted by atomic mass is 32.2. The van der Waals surface area contributed by atoms with Gasteiger partial charge in [0.1, 0.15) is 11.6 Å². The van der Waals surface area contributed by atoms with E-state index < -0.39 is 45.0 Å². The number of carboxylic acids is 1. The van der Waals surface area contributed by atoms with Crippen molar-refractivity contribution >= 4 is 16.0 Å². The Balaban J connectivity index is 2.44. The Morgan fingerprint density at radius 2 is 1.91 bits per heavy atom. The lowest BCUT2D eigenvalue weighted by atomic mass is 10.2. The minimum atomic E-state index is -4.51. The quantitative estimate of drug-likeness (QED) is 0.851. The van der Waals surface area contributed by atoms with Crippen molar-refractivity contribution in [2.75, 3.05) is 6.54 Å². The zero-order valence-electron chi connectivity index (χ0n) is 11.3. The average molecular weight is 330 g/mol. The molecule has 0 aliphatic heterocycles. The summed E-state index contributed by atoms with van der Waals surface area (Å²) in [6, 6.07) is 2.35. The number of hydrogen-bond donors (Lipinski definition) is 1. The van der Waals surface area contributed by atoms with Crippen molar-refractivity contribution in [2.24, 2.45) is 0 Å². The second kappa shape index (κ2) is 5.98. The molecule has 1 aromatic carbocycles. The molecule has 0 heterocycles. The SMILES string of the molecule is N#Cc1cc(F)c(S(=O)(=O)N(CCC(=O)O)C2CC2)c(F)c1. The Morgan fingerprint density at radius 3 is 2.32 bits per heavy atom. The molecule has 9 heteroatoms. The van der Waals surface area contributed by atoms with E-state index in [4.69, 9.17) is 10.4 Å².